The van der Waals surface area contributed by atoms with Crippen LogP contribution in [-0.4, -0.2) is 20.8 Å². The molecular weight excluding hydrogens is 146 g/mol. The van der Waals surface area contributed by atoms with Crippen molar-refractivity contribution in [3.63, 3.8) is 0 Å². The number of carbonyl (C=O) groups excluding carboxylic acids is 1. The fourth-order valence-electron chi connectivity index (χ4n) is 0.734. The number of amides is 1. The lowest BCUT2D eigenvalue weighted by Gasteiger charge is -1.93. The van der Waals surface area contributed by atoms with Gasteiger partial charge < -0.3 is 10.8 Å². The van der Waals surface area contributed by atoms with E-state index in [1.807, 2.05) is 0 Å². The van der Waals surface area contributed by atoms with E-state index in [4.69, 9.17) is 10.8 Å². The van der Waals surface area contributed by atoms with Crippen molar-refractivity contribution in [2.24, 2.45) is 5.73 Å². The number of aliphatic hydroxyl groups is 1. The van der Waals surface area contributed by atoms with Gasteiger partial charge in [0, 0.05) is 11.8 Å². The zero-order chi connectivity index (χ0) is 8.27. The number of rotatable bonds is 3. The molecule has 0 radical (unpaired) electrons. The summed E-state index contributed by atoms with van der Waals surface area (Å²) in [4.78, 5) is 10.4. The zero-order valence-electron chi connectivity index (χ0n) is 5.90. The first-order valence-electron chi connectivity index (χ1n) is 3.13. The minimum atomic E-state index is -0.447. The molecule has 0 aromatic carbocycles. The summed E-state index contributed by atoms with van der Waals surface area (Å²) in [5, 5.41) is 12.4. The summed E-state index contributed by atoms with van der Waals surface area (Å²) in [6.45, 7) is -0.0151. The molecule has 0 unspecified atom stereocenters. The number of aromatic nitrogens is 2. The largest absolute Gasteiger partial charge is 0.392 e. The molecule has 0 aliphatic rings. The van der Waals surface area contributed by atoms with Crippen molar-refractivity contribution in [1.29, 1.82) is 0 Å². The fourth-order valence-corrected chi connectivity index (χ4v) is 0.734. The summed E-state index contributed by atoms with van der Waals surface area (Å²) in [6.07, 6.45) is 3.06. The van der Waals surface area contributed by atoms with Gasteiger partial charge in [-0.3, -0.25) is 9.48 Å². The Hall–Kier alpha value is -1.36. The third-order valence-corrected chi connectivity index (χ3v) is 1.19. The topological polar surface area (TPSA) is 81.1 Å². The molecule has 5 nitrogen and oxygen atoms in total. The highest BCUT2D eigenvalue weighted by atomic mass is 16.3. The van der Waals surface area contributed by atoms with E-state index in [0.717, 1.165) is 0 Å². The summed E-state index contributed by atoms with van der Waals surface area (Å²) in [5.74, 6) is -0.447. The average Bonchev–Trinajstić information content (AvgIpc) is 2.34. The molecule has 0 aliphatic heterocycles. The van der Waals surface area contributed by atoms with Crippen LogP contribution in [0.4, 0.5) is 0 Å². The van der Waals surface area contributed by atoms with Crippen molar-refractivity contribution in [2.45, 2.75) is 13.2 Å². The predicted octanol–water partition coefficient (Wildman–Crippen LogP) is -1.14. The van der Waals surface area contributed by atoms with Gasteiger partial charge in [0.2, 0.25) is 5.91 Å². The Labute approximate surface area is 63.4 Å². The lowest BCUT2D eigenvalue weighted by molar-refractivity contribution is -0.118. The number of hydrogen-bond donors (Lipinski definition) is 2. The van der Waals surface area contributed by atoms with Crippen LogP contribution in [0.15, 0.2) is 12.4 Å². The van der Waals surface area contributed by atoms with Crippen molar-refractivity contribution in [3.05, 3.63) is 18.0 Å². The minimum Gasteiger partial charge on any atom is -0.392 e. The molecule has 0 aliphatic carbocycles. The molecule has 5 heteroatoms. The Bertz CT molecular complexity index is 256. The van der Waals surface area contributed by atoms with E-state index >= 15 is 0 Å². The van der Waals surface area contributed by atoms with Crippen LogP contribution in [0.1, 0.15) is 5.56 Å². The summed E-state index contributed by atoms with van der Waals surface area (Å²) in [5.41, 5.74) is 5.59. The highest BCUT2D eigenvalue weighted by molar-refractivity contribution is 5.73. The molecule has 1 aromatic heterocycles. The Morgan fingerprint density at radius 3 is 3.00 bits per heavy atom. The Balaban J connectivity index is 2.65. The minimum absolute atomic E-state index is 0.0556. The van der Waals surface area contributed by atoms with E-state index in [0.29, 0.717) is 5.56 Å². The molecule has 1 rings (SSSR count). The van der Waals surface area contributed by atoms with Crippen molar-refractivity contribution in [2.75, 3.05) is 0 Å². The second kappa shape index (κ2) is 3.16. The van der Waals surface area contributed by atoms with E-state index in [1.165, 1.54) is 10.9 Å². The van der Waals surface area contributed by atoms with Crippen LogP contribution in [-0.2, 0) is 17.9 Å². The molecule has 1 amide bonds. The van der Waals surface area contributed by atoms with Gasteiger partial charge in [-0.25, -0.2) is 0 Å². The molecule has 0 bridgehead atoms. The van der Waals surface area contributed by atoms with Crippen LogP contribution in [0.25, 0.3) is 0 Å². The first kappa shape index (κ1) is 7.74. The maximum Gasteiger partial charge on any atom is 0.239 e. The molecule has 0 saturated carbocycles. The van der Waals surface area contributed by atoms with E-state index < -0.39 is 5.91 Å². The second-order valence-electron chi connectivity index (χ2n) is 2.17. The summed E-state index contributed by atoms with van der Waals surface area (Å²) in [6, 6.07) is 0. The lowest BCUT2D eigenvalue weighted by atomic mass is 10.4. The fraction of sp³-hybridized carbons (Fsp3) is 0.333. The molecular formula is C6H9N3O2. The maximum atomic E-state index is 10.4. The summed E-state index contributed by atoms with van der Waals surface area (Å²) < 4.78 is 1.38. The van der Waals surface area contributed by atoms with Crippen LogP contribution in [0.3, 0.4) is 0 Å². The third-order valence-electron chi connectivity index (χ3n) is 1.19. The second-order valence-corrected chi connectivity index (χ2v) is 2.17. The molecule has 1 heterocycles. The molecule has 0 fully saturated rings. The average molecular weight is 155 g/mol. The van der Waals surface area contributed by atoms with Gasteiger partial charge in [0.15, 0.2) is 0 Å². The van der Waals surface area contributed by atoms with E-state index in [1.54, 1.807) is 6.20 Å². The number of aliphatic hydroxyl groups excluding tert-OH is 1. The molecule has 0 atom stereocenters. The van der Waals surface area contributed by atoms with Crippen LogP contribution in [0.2, 0.25) is 0 Å². The molecule has 60 valence electrons. The van der Waals surface area contributed by atoms with Gasteiger partial charge in [0.1, 0.15) is 6.54 Å². The Morgan fingerprint density at radius 2 is 2.55 bits per heavy atom. The van der Waals surface area contributed by atoms with Crippen molar-refractivity contribution >= 4 is 5.91 Å². The summed E-state index contributed by atoms with van der Waals surface area (Å²) >= 11 is 0. The number of nitrogens with two attached hydrogens (primary N) is 1. The van der Waals surface area contributed by atoms with E-state index in [-0.39, 0.29) is 13.2 Å². The monoisotopic (exact) mass is 155 g/mol. The highest BCUT2D eigenvalue weighted by Crippen LogP contribution is 1.95. The van der Waals surface area contributed by atoms with Crippen LogP contribution < -0.4 is 5.73 Å². The van der Waals surface area contributed by atoms with Gasteiger partial charge in [0.25, 0.3) is 0 Å². The van der Waals surface area contributed by atoms with Gasteiger partial charge in [-0.15, -0.1) is 0 Å². The molecule has 11 heavy (non-hydrogen) atoms. The van der Waals surface area contributed by atoms with Gasteiger partial charge in [-0.1, -0.05) is 0 Å². The lowest BCUT2D eigenvalue weighted by Crippen LogP contribution is -2.18. The van der Waals surface area contributed by atoms with Crippen molar-refractivity contribution in [1.82, 2.24) is 9.78 Å². The van der Waals surface area contributed by atoms with Crippen LogP contribution >= 0.6 is 0 Å². The van der Waals surface area contributed by atoms with Crippen LogP contribution in [0.5, 0.6) is 0 Å². The van der Waals surface area contributed by atoms with Gasteiger partial charge in [-0.2, -0.15) is 5.10 Å². The van der Waals surface area contributed by atoms with Crippen molar-refractivity contribution < 1.29 is 9.90 Å². The molecule has 3 N–H and O–H groups in total. The third kappa shape index (κ3) is 2.05. The Kier molecular flexibility index (Phi) is 2.22. The maximum absolute atomic E-state index is 10.4. The van der Waals surface area contributed by atoms with Gasteiger partial charge in [0.05, 0.1) is 12.8 Å². The number of nitrogens with zero attached hydrogens (tertiary/aromatic N) is 2. The predicted molar refractivity (Wildman–Crippen MR) is 37.3 cm³/mol. The van der Waals surface area contributed by atoms with Crippen molar-refractivity contribution in [3.8, 4) is 0 Å². The smallest absolute Gasteiger partial charge is 0.239 e. The first-order chi connectivity index (χ1) is 5.22. The summed E-state index contributed by atoms with van der Waals surface area (Å²) in [7, 11) is 0. The van der Waals surface area contributed by atoms with E-state index in [2.05, 4.69) is 5.10 Å². The number of primary amides is 1. The SMILES string of the molecule is NC(=O)Cn1cc(CO)cn1. The normalized spacial score (nSPS) is 9.91. The van der Waals surface area contributed by atoms with E-state index in [9.17, 15) is 4.79 Å². The number of carbonyl (C=O) groups is 1. The standard InChI is InChI=1S/C6H9N3O2/c7-6(11)3-9-2-5(4-10)1-8-9/h1-2,10H,3-4H2,(H2,7,11). The Morgan fingerprint density at radius 1 is 1.82 bits per heavy atom. The molecule has 0 saturated heterocycles. The number of hydrogen-bond acceptors (Lipinski definition) is 3. The highest BCUT2D eigenvalue weighted by Gasteiger charge is 1.98. The van der Waals surface area contributed by atoms with Gasteiger partial charge >= 0.3 is 0 Å². The first-order valence-corrected chi connectivity index (χ1v) is 3.13. The zero-order valence-corrected chi connectivity index (χ0v) is 5.90. The quantitative estimate of drug-likeness (QED) is 0.579. The molecule has 1 aromatic rings. The van der Waals surface area contributed by atoms with Crippen LogP contribution in [0, 0.1) is 0 Å². The van der Waals surface area contributed by atoms with Gasteiger partial charge in [-0.05, 0) is 0 Å². The molecule has 0 spiro atoms.